The number of ether oxygens (including phenoxy) is 1. The molecular formula is C15H20ClNO3S. The number of esters is 1. The van der Waals surface area contributed by atoms with Gasteiger partial charge in [0.25, 0.3) is 0 Å². The van der Waals surface area contributed by atoms with E-state index in [0.29, 0.717) is 11.4 Å². The molecule has 1 amide bonds. The monoisotopic (exact) mass is 329 g/mol. The Labute approximate surface area is 134 Å². The van der Waals surface area contributed by atoms with Gasteiger partial charge in [-0.3, -0.25) is 4.79 Å². The lowest BCUT2D eigenvalue weighted by Gasteiger charge is -2.18. The lowest BCUT2D eigenvalue weighted by atomic mass is 10.0. The Morgan fingerprint density at radius 3 is 2.57 bits per heavy atom. The van der Waals surface area contributed by atoms with Gasteiger partial charge in [0.2, 0.25) is 5.91 Å². The quantitative estimate of drug-likeness (QED) is 0.617. The highest BCUT2D eigenvalue weighted by atomic mass is 35.5. The van der Waals surface area contributed by atoms with Crippen molar-refractivity contribution in [1.29, 1.82) is 0 Å². The zero-order valence-electron chi connectivity index (χ0n) is 12.4. The van der Waals surface area contributed by atoms with Crippen LogP contribution in [0.15, 0.2) is 29.2 Å². The number of rotatable bonds is 7. The van der Waals surface area contributed by atoms with E-state index in [4.69, 9.17) is 16.3 Å². The molecule has 0 aliphatic carbocycles. The van der Waals surface area contributed by atoms with E-state index in [0.717, 1.165) is 4.90 Å². The van der Waals surface area contributed by atoms with E-state index in [9.17, 15) is 9.59 Å². The maximum Gasteiger partial charge on any atom is 0.328 e. The van der Waals surface area contributed by atoms with E-state index in [2.05, 4.69) is 5.32 Å². The average Bonchev–Trinajstić information content (AvgIpc) is 2.44. The van der Waals surface area contributed by atoms with Crippen molar-refractivity contribution in [1.82, 2.24) is 5.32 Å². The summed E-state index contributed by atoms with van der Waals surface area (Å²) in [4.78, 5) is 24.4. The number of hydrogen-bond donors (Lipinski definition) is 1. The minimum Gasteiger partial charge on any atom is -0.467 e. The molecule has 4 nitrogen and oxygen atoms in total. The van der Waals surface area contributed by atoms with E-state index in [1.54, 1.807) is 6.07 Å². The molecule has 0 aromatic heterocycles. The molecule has 1 rings (SSSR count). The maximum atomic E-state index is 12.0. The number of hydrogen-bond acceptors (Lipinski definition) is 4. The molecule has 1 aromatic rings. The molecule has 0 aliphatic heterocycles. The molecule has 0 radical (unpaired) electrons. The van der Waals surface area contributed by atoms with E-state index < -0.39 is 12.0 Å². The largest absolute Gasteiger partial charge is 0.467 e. The molecule has 1 N–H and O–H groups in total. The van der Waals surface area contributed by atoms with Gasteiger partial charge in [-0.2, -0.15) is 0 Å². The van der Waals surface area contributed by atoms with Crippen LogP contribution in [-0.4, -0.2) is 30.8 Å². The van der Waals surface area contributed by atoms with Crippen molar-refractivity contribution in [2.45, 2.75) is 31.2 Å². The summed E-state index contributed by atoms with van der Waals surface area (Å²) in [7, 11) is 1.32. The van der Waals surface area contributed by atoms with Crippen LogP contribution in [0.3, 0.4) is 0 Å². The second kappa shape index (κ2) is 8.95. The SMILES string of the molecule is COC(=O)[C@H](CC(C)C)NC(=O)CSc1ccccc1Cl. The van der Waals surface area contributed by atoms with Crippen LogP contribution in [-0.2, 0) is 14.3 Å². The molecule has 0 fully saturated rings. The van der Waals surface area contributed by atoms with E-state index in [1.165, 1.54) is 18.9 Å². The van der Waals surface area contributed by atoms with Gasteiger partial charge < -0.3 is 10.1 Å². The van der Waals surface area contributed by atoms with E-state index in [-0.39, 0.29) is 17.6 Å². The van der Waals surface area contributed by atoms with Crippen LogP contribution in [0.2, 0.25) is 5.02 Å². The molecule has 1 aromatic carbocycles. The summed E-state index contributed by atoms with van der Waals surface area (Å²) in [6.07, 6.45) is 0.551. The van der Waals surface area contributed by atoms with Crippen LogP contribution in [0.5, 0.6) is 0 Å². The van der Waals surface area contributed by atoms with Gasteiger partial charge in [0.05, 0.1) is 17.9 Å². The zero-order valence-corrected chi connectivity index (χ0v) is 14.0. The summed E-state index contributed by atoms with van der Waals surface area (Å²) in [6.45, 7) is 3.97. The Morgan fingerprint density at radius 1 is 1.33 bits per heavy atom. The molecule has 6 heteroatoms. The maximum absolute atomic E-state index is 12.0. The van der Waals surface area contributed by atoms with Crippen LogP contribution in [0, 0.1) is 5.92 Å². The Morgan fingerprint density at radius 2 is 2.00 bits per heavy atom. The van der Waals surface area contributed by atoms with Crippen molar-refractivity contribution < 1.29 is 14.3 Å². The number of nitrogens with one attached hydrogen (secondary N) is 1. The van der Waals surface area contributed by atoms with Gasteiger partial charge in [0, 0.05) is 4.90 Å². The van der Waals surface area contributed by atoms with Gasteiger partial charge in [0.15, 0.2) is 0 Å². The fourth-order valence-electron chi connectivity index (χ4n) is 1.77. The van der Waals surface area contributed by atoms with Crippen LogP contribution in [0.4, 0.5) is 0 Å². The lowest BCUT2D eigenvalue weighted by Crippen LogP contribution is -2.43. The first-order valence-electron chi connectivity index (χ1n) is 6.68. The number of carbonyl (C=O) groups is 2. The Hall–Kier alpha value is -1.20. The van der Waals surface area contributed by atoms with E-state index >= 15 is 0 Å². The summed E-state index contributed by atoms with van der Waals surface area (Å²) in [5.74, 6) is -0.142. The van der Waals surface area contributed by atoms with Gasteiger partial charge >= 0.3 is 5.97 Å². The number of carbonyl (C=O) groups excluding carboxylic acids is 2. The van der Waals surface area contributed by atoms with Crippen LogP contribution < -0.4 is 5.32 Å². The standard InChI is InChI=1S/C15H20ClNO3S/c1-10(2)8-12(15(19)20-3)17-14(18)9-21-13-7-5-4-6-11(13)16/h4-7,10,12H,8-9H2,1-3H3,(H,17,18)/t12-/m0/s1. The fraction of sp³-hybridized carbons (Fsp3) is 0.467. The molecule has 1 atom stereocenters. The first kappa shape index (κ1) is 17.9. The van der Waals surface area contributed by atoms with Gasteiger partial charge in [0.1, 0.15) is 6.04 Å². The van der Waals surface area contributed by atoms with Crippen molar-refractivity contribution in [2.24, 2.45) is 5.92 Å². The Bertz CT molecular complexity index is 494. The van der Waals surface area contributed by atoms with Crippen LogP contribution >= 0.6 is 23.4 Å². The smallest absolute Gasteiger partial charge is 0.328 e. The van der Waals surface area contributed by atoms with Crippen LogP contribution in [0.25, 0.3) is 0 Å². The summed E-state index contributed by atoms with van der Waals surface area (Å²) >= 11 is 7.37. The summed E-state index contributed by atoms with van der Waals surface area (Å²) in [5.41, 5.74) is 0. The minimum atomic E-state index is -0.602. The molecule has 0 spiro atoms. The molecule has 0 unspecified atom stereocenters. The zero-order chi connectivity index (χ0) is 15.8. The predicted molar refractivity (Wildman–Crippen MR) is 85.6 cm³/mol. The number of thioether (sulfide) groups is 1. The van der Waals surface area contributed by atoms with Crippen molar-refractivity contribution in [3.05, 3.63) is 29.3 Å². The Kier molecular flexibility index (Phi) is 7.61. The molecule has 0 heterocycles. The lowest BCUT2D eigenvalue weighted by molar-refractivity contribution is -0.145. The highest BCUT2D eigenvalue weighted by Crippen LogP contribution is 2.26. The molecular weight excluding hydrogens is 310 g/mol. The van der Waals surface area contributed by atoms with Gasteiger partial charge in [-0.25, -0.2) is 4.79 Å². The van der Waals surface area contributed by atoms with Crippen molar-refractivity contribution in [3.8, 4) is 0 Å². The highest BCUT2D eigenvalue weighted by Gasteiger charge is 2.22. The highest BCUT2D eigenvalue weighted by molar-refractivity contribution is 8.00. The first-order valence-corrected chi connectivity index (χ1v) is 8.05. The third kappa shape index (κ3) is 6.40. The first-order chi connectivity index (χ1) is 9.93. The van der Waals surface area contributed by atoms with Gasteiger partial charge in [-0.05, 0) is 24.5 Å². The summed E-state index contributed by atoms with van der Waals surface area (Å²) in [6, 6.07) is 6.73. The second-order valence-corrected chi connectivity index (χ2v) is 6.42. The molecule has 0 saturated heterocycles. The topological polar surface area (TPSA) is 55.4 Å². The summed E-state index contributed by atoms with van der Waals surface area (Å²) in [5, 5.41) is 3.32. The molecule has 0 saturated carbocycles. The molecule has 21 heavy (non-hydrogen) atoms. The van der Waals surface area contributed by atoms with Crippen molar-refractivity contribution >= 4 is 35.2 Å². The van der Waals surface area contributed by atoms with Gasteiger partial charge in [-0.1, -0.05) is 37.6 Å². The average molecular weight is 330 g/mol. The fourth-order valence-corrected chi connectivity index (χ4v) is 2.82. The minimum absolute atomic E-state index is 0.204. The predicted octanol–water partition coefficient (Wildman–Crippen LogP) is 3.14. The van der Waals surface area contributed by atoms with Crippen molar-refractivity contribution in [2.75, 3.05) is 12.9 Å². The number of methoxy groups -OCH3 is 1. The number of halogens is 1. The van der Waals surface area contributed by atoms with Crippen molar-refractivity contribution in [3.63, 3.8) is 0 Å². The van der Waals surface area contributed by atoms with Gasteiger partial charge in [-0.15, -0.1) is 11.8 Å². The van der Waals surface area contributed by atoms with Crippen LogP contribution in [0.1, 0.15) is 20.3 Å². The van der Waals surface area contributed by atoms with E-state index in [1.807, 2.05) is 32.0 Å². The number of benzene rings is 1. The molecule has 0 bridgehead atoms. The normalized spacial score (nSPS) is 12.0. The third-order valence-corrected chi connectivity index (χ3v) is 4.24. The molecule has 0 aliphatic rings. The molecule has 116 valence electrons. The number of amides is 1. The summed E-state index contributed by atoms with van der Waals surface area (Å²) < 4.78 is 4.71. The Balaban J connectivity index is 2.54. The second-order valence-electron chi connectivity index (χ2n) is 4.99. The third-order valence-electron chi connectivity index (χ3n) is 2.72.